The van der Waals surface area contributed by atoms with Gasteiger partial charge in [0, 0.05) is 25.6 Å². The quantitative estimate of drug-likeness (QED) is 0.540. The molecule has 0 fully saturated rings. The number of hydrogen-bond donors (Lipinski definition) is 1. The van der Waals surface area contributed by atoms with Gasteiger partial charge in [-0.25, -0.2) is 12.7 Å². The number of amides is 3. The van der Waals surface area contributed by atoms with Crippen molar-refractivity contribution in [2.24, 2.45) is 0 Å². The first-order chi connectivity index (χ1) is 16.6. The molecule has 2 aromatic carbocycles. The van der Waals surface area contributed by atoms with Gasteiger partial charge >= 0.3 is 0 Å². The highest BCUT2D eigenvalue weighted by molar-refractivity contribution is 7.90. The van der Waals surface area contributed by atoms with E-state index >= 15 is 0 Å². The minimum atomic E-state index is -4.01. The third-order valence-electron chi connectivity index (χ3n) is 6.30. The fourth-order valence-corrected chi connectivity index (χ4v) is 5.61. The summed E-state index contributed by atoms with van der Waals surface area (Å²) in [4.78, 5) is 40.6. The zero-order chi connectivity index (χ0) is 25.8. The van der Waals surface area contributed by atoms with E-state index in [1.807, 2.05) is 52.0 Å². The van der Waals surface area contributed by atoms with Crippen LogP contribution in [-0.2, 0) is 26.2 Å². The lowest BCUT2D eigenvalue weighted by Gasteiger charge is -2.32. The molecule has 3 rings (SSSR count). The van der Waals surface area contributed by atoms with Gasteiger partial charge in [0.2, 0.25) is 11.8 Å². The largest absolute Gasteiger partial charge is 0.352 e. The van der Waals surface area contributed by atoms with Gasteiger partial charge in [-0.3, -0.25) is 14.4 Å². The fraction of sp³-hybridized carbons (Fsp3) is 0.423. The van der Waals surface area contributed by atoms with Gasteiger partial charge in [0.15, 0.2) is 0 Å². The molecule has 35 heavy (non-hydrogen) atoms. The number of hydrogen-bond acceptors (Lipinski definition) is 5. The van der Waals surface area contributed by atoms with Crippen LogP contribution >= 0.6 is 0 Å². The van der Waals surface area contributed by atoms with Crippen molar-refractivity contribution in [2.45, 2.75) is 70.5 Å². The average molecular weight is 500 g/mol. The third-order valence-corrected chi connectivity index (χ3v) is 8.14. The van der Waals surface area contributed by atoms with Crippen LogP contribution in [0.15, 0.2) is 53.4 Å². The summed E-state index contributed by atoms with van der Waals surface area (Å²) in [5.74, 6) is -1.28. The van der Waals surface area contributed by atoms with Crippen LogP contribution in [0, 0.1) is 6.92 Å². The Hall–Kier alpha value is -3.20. The monoisotopic (exact) mass is 499 g/mol. The molecule has 1 aliphatic heterocycles. The summed E-state index contributed by atoms with van der Waals surface area (Å²) in [6, 6.07) is 12.9. The van der Waals surface area contributed by atoms with Gasteiger partial charge in [0.05, 0.1) is 5.56 Å². The molecule has 188 valence electrons. The Morgan fingerprint density at radius 1 is 1.03 bits per heavy atom. The first-order valence-electron chi connectivity index (χ1n) is 11.9. The zero-order valence-corrected chi connectivity index (χ0v) is 21.5. The lowest BCUT2D eigenvalue weighted by molar-refractivity contribution is -0.141. The topological polar surface area (TPSA) is 104 Å². The summed E-state index contributed by atoms with van der Waals surface area (Å²) < 4.78 is 26.5. The number of sulfonamides is 1. The van der Waals surface area contributed by atoms with Crippen LogP contribution in [0.4, 0.5) is 0 Å². The highest BCUT2D eigenvalue weighted by atomic mass is 32.2. The van der Waals surface area contributed by atoms with Crippen molar-refractivity contribution in [3.05, 3.63) is 65.2 Å². The maximum Gasteiger partial charge on any atom is 0.269 e. The molecule has 3 amide bonds. The van der Waals surface area contributed by atoms with E-state index in [0.717, 1.165) is 21.9 Å². The maximum atomic E-state index is 13.4. The number of nitrogens with one attached hydrogen (secondary N) is 1. The molecule has 9 heteroatoms. The van der Waals surface area contributed by atoms with E-state index in [0.29, 0.717) is 6.42 Å². The van der Waals surface area contributed by atoms with Crippen LogP contribution in [0.25, 0.3) is 0 Å². The second-order valence-electron chi connectivity index (χ2n) is 8.88. The molecule has 1 aliphatic rings. The van der Waals surface area contributed by atoms with Crippen LogP contribution in [0.3, 0.4) is 0 Å². The van der Waals surface area contributed by atoms with Crippen molar-refractivity contribution in [3.8, 4) is 0 Å². The van der Waals surface area contributed by atoms with Crippen LogP contribution in [0.1, 0.15) is 61.5 Å². The molecule has 0 spiro atoms. The van der Waals surface area contributed by atoms with Crippen molar-refractivity contribution in [2.75, 3.05) is 6.54 Å². The summed E-state index contributed by atoms with van der Waals surface area (Å²) in [6.07, 6.45) is 0.924. The van der Waals surface area contributed by atoms with Gasteiger partial charge in [-0.05, 0) is 44.4 Å². The average Bonchev–Trinajstić information content (AvgIpc) is 3.03. The van der Waals surface area contributed by atoms with Gasteiger partial charge in [-0.2, -0.15) is 0 Å². The summed E-state index contributed by atoms with van der Waals surface area (Å²) in [5, 5.41) is 2.95. The summed E-state index contributed by atoms with van der Waals surface area (Å²) in [6.45, 7) is 7.58. The predicted molar refractivity (Wildman–Crippen MR) is 133 cm³/mol. The maximum absolute atomic E-state index is 13.4. The molecule has 0 bridgehead atoms. The van der Waals surface area contributed by atoms with E-state index in [2.05, 4.69) is 5.32 Å². The molecular weight excluding hydrogens is 466 g/mol. The minimum Gasteiger partial charge on any atom is -0.352 e. The number of fused-ring (bicyclic) bond motifs is 1. The molecule has 1 N–H and O–H groups in total. The van der Waals surface area contributed by atoms with Crippen molar-refractivity contribution < 1.29 is 22.8 Å². The number of benzene rings is 2. The Kier molecular flexibility index (Phi) is 8.32. The summed E-state index contributed by atoms with van der Waals surface area (Å²) >= 11 is 0. The molecule has 0 saturated heterocycles. The first kappa shape index (κ1) is 26.4. The standard InChI is InChI=1S/C26H33N3O5S/c1-5-19(4)27-25(31)22(6-2)28(17-20-13-11-18(3)12-14-20)24(30)15-16-29-26(32)21-9-7-8-10-23(21)35(29,33)34/h7-14,19,22H,5-6,15-17H2,1-4H3,(H,27,31)/t19-,22+/m0/s1. The molecule has 0 saturated carbocycles. The van der Waals surface area contributed by atoms with Crippen LogP contribution in [0.5, 0.6) is 0 Å². The molecule has 2 atom stereocenters. The first-order valence-corrected chi connectivity index (χ1v) is 13.4. The smallest absolute Gasteiger partial charge is 0.269 e. The van der Waals surface area contributed by atoms with Crippen LogP contribution < -0.4 is 5.32 Å². The highest BCUT2D eigenvalue weighted by Crippen LogP contribution is 2.30. The second-order valence-corrected chi connectivity index (χ2v) is 10.7. The van der Waals surface area contributed by atoms with Gasteiger partial charge in [0.1, 0.15) is 10.9 Å². The molecule has 0 radical (unpaired) electrons. The Labute approximate surface area is 207 Å². The van der Waals surface area contributed by atoms with E-state index in [-0.39, 0.29) is 41.9 Å². The van der Waals surface area contributed by atoms with Gasteiger partial charge in [-0.15, -0.1) is 0 Å². The fourth-order valence-electron chi connectivity index (χ4n) is 4.04. The van der Waals surface area contributed by atoms with Crippen molar-refractivity contribution in [1.29, 1.82) is 0 Å². The predicted octanol–water partition coefficient (Wildman–Crippen LogP) is 3.25. The number of carbonyl (C=O) groups excluding carboxylic acids is 3. The van der Waals surface area contributed by atoms with E-state index in [9.17, 15) is 22.8 Å². The van der Waals surface area contributed by atoms with E-state index < -0.39 is 27.9 Å². The lowest BCUT2D eigenvalue weighted by Crippen LogP contribution is -2.51. The van der Waals surface area contributed by atoms with Gasteiger partial charge < -0.3 is 10.2 Å². The number of nitrogens with zero attached hydrogens (tertiary/aromatic N) is 2. The summed E-state index contributed by atoms with van der Waals surface area (Å²) in [7, 11) is -4.01. The molecule has 0 aliphatic carbocycles. The third kappa shape index (κ3) is 5.73. The number of rotatable bonds is 10. The van der Waals surface area contributed by atoms with Crippen molar-refractivity contribution in [3.63, 3.8) is 0 Å². The Morgan fingerprint density at radius 2 is 1.69 bits per heavy atom. The Balaban J connectivity index is 1.82. The molecule has 0 unspecified atom stereocenters. The number of aryl methyl sites for hydroxylation is 1. The van der Waals surface area contributed by atoms with Crippen molar-refractivity contribution >= 4 is 27.7 Å². The Morgan fingerprint density at radius 3 is 2.29 bits per heavy atom. The highest BCUT2D eigenvalue weighted by Gasteiger charge is 2.41. The van der Waals surface area contributed by atoms with Gasteiger partial charge in [0.25, 0.3) is 15.9 Å². The van der Waals surface area contributed by atoms with E-state index in [1.165, 1.54) is 17.0 Å². The molecule has 2 aromatic rings. The van der Waals surface area contributed by atoms with Crippen molar-refractivity contribution in [1.82, 2.24) is 14.5 Å². The lowest BCUT2D eigenvalue weighted by atomic mass is 10.1. The van der Waals surface area contributed by atoms with E-state index in [4.69, 9.17) is 0 Å². The van der Waals surface area contributed by atoms with Gasteiger partial charge in [-0.1, -0.05) is 55.8 Å². The SMILES string of the molecule is CC[C@H](C(=O)N[C@@H](C)CC)N(Cc1ccc(C)cc1)C(=O)CCN1C(=O)c2ccccc2S1(=O)=O. The second kappa shape index (κ2) is 11.0. The van der Waals surface area contributed by atoms with Crippen LogP contribution in [-0.4, -0.2) is 54.0 Å². The van der Waals surface area contributed by atoms with Crippen LogP contribution in [0.2, 0.25) is 0 Å². The Bertz CT molecular complexity index is 1190. The molecular formula is C26H33N3O5S. The minimum absolute atomic E-state index is 0.0428. The zero-order valence-electron chi connectivity index (χ0n) is 20.7. The molecule has 0 aromatic heterocycles. The van der Waals surface area contributed by atoms with E-state index in [1.54, 1.807) is 12.1 Å². The molecule has 8 nitrogen and oxygen atoms in total. The normalized spacial score (nSPS) is 15.9. The molecule has 1 heterocycles. The number of carbonyl (C=O) groups is 3. The summed E-state index contributed by atoms with van der Waals surface area (Å²) in [5.41, 5.74) is 2.04.